The molecule has 30 heavy (non-hydrogen) atoms. The predicted octanol–water partition coefficient (Wildman–Crippen LogP) is 2.03. The van der Waals surface area contributed by atoms with Crippen molar-refractivity contribution in [2.75, 3.05) is 39.0 Å². The third kappa shape index (κ3) is 9.47. The molecule has 1 rings (SSSR count). The number of rotatable bonds is 15. The molecule has 1 aliphatic rings. The molecule has 9 heteroatoms. The molecule has 1 fully saturated rings. The molecule has 172 valence electrons. The summed E-state index contributed by atoms with van der Waals surface area (Å²) < 4.78 is 0. The monoisotopic (exact) mass is 442 g/mol. The van der Waals surface area contributed by atoms with Gasteiger partial charge in [-0.05, 0) is 46.0 Å². The topological polar surface area (TPSA) is 98.8 Å². The van der Waals surface area contributed by atoms with Crippen molar-refractivity contribution >= 4 is 35.4 Å². The number of likely N-dealkylation sites (N-methyl/N-ethyl adjacent to an activating group) is 1. The fraction of sp³-hybridized carbons (Fsp3) is 0.810. The highest BCUT2D eigenvalue weighted by Crippen LogP contribution is 2.25. The van der Waals surface area contributed by atoms with E-state index in [9.17, 15) is 19.2 Å². The highest BCUT2D eigenvalue weighted by Gasteiger charge is 2.37. The molecule has 0 bridgehead atoms. The Balaban J connectivity index is 2.00. The number of urea groups is 1. The van der Waals surface area contributed by atoms with E-state index in [-0.39, 0.29) is 28.9 Å². The smallest absolute Gasteiger partial charge is 0.315 e. The van der Waals surface area contributed by atoms with Gasteiger partial charge in [-0.2, -0.15) is 0 Å². The summed E-state index contributed by atoms with van der Waals surface area (Å²) in [6.45, 7) is 8.04. The predicted molar refractivity (Wildman–Crippen MR) is 121 cm³/mol. The maximum absolute atomic E-state index is 12.0. The van der Waals surface area contributed by atoms with Gasteiger partial charge in [0.1, 0.15) is 0 Å². The first-order chi connectivity index (χ1) is 14.3. The quantitative estimate of drug-likeness (QED) is 0.297. The molecule has 2 atom stereocenters. The van der Waals surface area contributed by atoms with Crippen molar-refractivity contribution in [3.63, 3.8) is 0 Å². The van der Waals surface area contributed by atoms with Crippen LogP contribution in [0.15, 0.2) is 0 Å². The highest BCUT2D eigenvalue weighted by atomic mass is 32.2. The molecule has 4 amide bonds. The van der Waals surface area contributed by atoms with Crippen molar-refractivity contribution in [1.82, 2.24) is 20.4 Å². The van der Waals surface area contributed by atoms with Crippen molar-refractivity contribution in [2.45, 2.75) is 70.6 Å². The van der Waals surface area contributed by atoms with Crippen LogP contribution in [0.4, 0.5) is 4.79 Å². The maximum atomic E-state index is 12.0. The van der Waals surface area contributed by atoms with Gasteiger partial charge in [0.2, 0.25) is 11.8 Å². The number of hydrogen-bond donors (Lipinski definition) is 2. The summed E-state index contributed by atoms with van der Waals surface area (Å²) in [4.78, 5) is 50.5. The summed E-state index contributed by atoms with van der Waals surface area (Å²) in [5, 5.41) is 5.24. The van der Waals surface area contributed by atoms with E-state index in [2.05, 4.69) is 15.5 Å². The van der Waals surface area contributed by atoms with Crippen LogP contribution in [0.25, 0.3) is 0 Å². The van der Waals surface area contributed by atoms with Gasteiger partial charge in [0.05, 0.1) is 11.3 Å². The first-order valence-corrected chi connectivity index (χ1v) is 12.1. The van der Waals surface area contributed by atoms with Gasteiger partial charge < -0.3 is 15.5 Å². The largest absolute Gasteiger partial charge is 0.337 e. The fourth-order valence-electron chi connectivity index (χ4n) is 3.28. The van der Waals surface area contributed by atoms with E-state index in [0.29, 0.717) is 25.9 Å². The zero-order valence-corrected chi connectivity index (χ0v) is 19.7. The second-order valence-corrected chi connectivity index (χ2v) is 9.01. The normalized spacial score (nSPS) is 17.5. The van der Waals surface area contributed by atoms with Gasteiger partial charge in [0, 0.05) is 32.5 Å². The summed E-state index contributed by atoms with van der Waals surface area (Å²) in [6, 6.07) is -0.761. The van der Waals surface area contributed by atoms with Gasteiger partial charge in [-0.3, -0.25) is 19.3 Å². The number of amides is 4. The van der Waals surface area contributed by atoms with Crippen molar-refractivity contribution in [3.05, 3.63) is 0 Å². The van der Waals surface area contributed by atoms with Crippen molar-refractivity contribution < 1.29 is 19.2 Å². The van der Waals surface area contributed by atoms with Crippen molar-refractivity contribution in [3.8, 4) is 0 Å². The minimum atomic E-state index is -0.455. The van der Waals surface area contributed by atoms with Crippen molar-refractivity contribution in [1.29, 1.82) is 0 Å². The highest BCUT2D eigenvalue weighted by molar-refractivity contribution is 8.00. The first-order valence-electron chi connectivity index (χ1n) is 11.0. The Morgan fingerprint density at radius 3 is 2.50 bits per heavy atom. The molecule has 1 heterocycles. The Morgan fingerprint density at radius 1 is 1.17 bits per heavy atom. The number of imide groups is 1. The molecule has 0 saturated carbocycles. The van der Waals surface area contributed by atoms with Gasteiger partial charge in [-0.15, -0.1) is 11.8 Å². The van der Waals surface area contributed by atoms with Crippen LogP contribution in [0.1, 0.15) is 59.3 Å². The lowest BCUT2D eigenvalue weighted by atomic mass is 10.2. The Bertz CT molecular complexity index is 587. The molecule has 0 aromatic carbocycles. The Kier molecular flexibility index (Phi) is 12.7. The molecule has 1 aliphatic heterocycles. The number of nitrogens with one attached hydrogen (secondary N) is 2. The summed E-state index contributed by atoms with van der Waals surface area (Å²) in [6.07, 6.45) is 5.13. The summed E-state index contributed by atoms with van der Waals surface area (Å²) in [5.74, 6) is 0.864. The van der Waals surface area contributed by atoms with E-state index in [1.807, 2.05) is 14.0 Å². The molecule has 0 radical (unpaired) electrons. The molecule has 8 nitrogen and oxygen atoms in total. The number of unbranched alkanes of at least 4 members (excludes halogenated alkanes) is 3. The SMILES string of the molecule is CCC(=O)[C@@H](C)NC(=O)NCCN(C)CCCCCCSC1CC(=O)N(CC)C1=O. The Hall–Kier alpha value is -1.61. The van der Waals surface area contributed by atoms with Crippen LogP contribution < -0.4 is 10.6 Å². The average molecular weight is 443 g/mol. The summed E-state index contributed by atoms with van der Waals surface area (Å²) in [5.41, 5.74) is 0. The van der Waals surface area contributed by atoms with E-state index in [1.165, 1.54) is 4.90 Å². The molecule has 0 aromatic rings. The Morgan fingerprint density at radius 2 is 1.87 bits per heavy atom. The number of likely N-dealkylation sites (tertiary alicyclic amines) is 1. The number of carbonyl (C=O) groups is 4. The van der Waals surface area contributed by atoms with Crippen LogP contribution in [0, 0.1) is 0 Å². The van der Waals surface area contributed by atoms with Crippen LogP contribution >= 0.6 is 11.8 Å². The van der Waals surface area contributed by atoms with Crippen LogP contribution in [-0.2, 0) is 14.4 Å². The van der Waals surface area contributed by atoms with E-state index >= 15 is 0 Å². The molecule has 2 N–H and O–H groups in total. The van der Waals surface area contributed by atoms with E-state index in [0.717, 1.165) is 44.5 Å². The van der Waals surface area contributed by atoms with Gasteiger partial charge in [-0.1, -0.05) is 19.8 Å². The number of Topliss-reactive ketones (excluding diaryl/α,β-unsaturated/α-hetero) is 1. The number of thioether (sulfide) groups is 1. The second-order valence-electron chi connectivity index (χ2n) is 7.70. The lowest BCUT2D eigenvalue weighted by Gasteiger charge is -2.18. The standard InChI is InChI=1S/C21H38N4O4S/c1-5-17(26)16(3)23-21(29)22-11-13-24(4)12-9-7-8-10-14-30-18-15-19(27)25(6-2)20(18)28/h16,18H,5-15H2,1-4H3,(H2,22,23,29)/t16-,18?/m1/s1. The molecular formula is C21H38N4O4S. The first kappa shape index (κ1) is 26.4. The molecule has 0 aliphatic carbocycles. The van der Waals surface area contributed by atoms with Crippen LogP contribution in [0.5, 0.6) is 0 Å². The van der Waals surface area contributed by atoms with Gasteiger partial charge in [-0.25, -0.2) is 4.79 Å². The van der Waals surface area contributed by atoms with Gasteiger partial charge in [0.25, 0.3) is 0 Å². The van der Waals surface area contributed by atoms with E-state index in [4.69, 9.17) is 0 Å². The lowest BCUT2D eigenvalue weighted by Crippen LogP contribution is -2.46. The number of hydrogen-bond acceptors (Lipinski definition) is 6. The molecule has 0 spiro atoms. The van der Waals surface area contributed by atoms with Gasteiger partial charge in [0.15, 0.2) is 5.78 Å². The van der Waals surface area contributed by atoms with Gasteiger partial charge >= 0.3 is 6.03 Å². The van der Waals surface area contributed by atoms with Crippen LogP contribution in [-0.4, -0.2) is 83.7 Å². The van der Waals surface area contributed by atoms with Crippen molar-refractivity contribution in [2.24, 2.45) is 0 Å². The molecule has 1 unspecified atom stereocenters. The Labute approximate surface area is 184 Å². The van der Waals surface area contributed by atoms with Crippen LogP contribution in [0.2, 0.25) is 0 Å². The molecule has 0 aromatic heterocycles. The zero-order valence-electron chi connectivity index (χ0n) is 18.9. The fourth-order valence-corrected chi connectivity index (χ4v) is 4.47. The summed E-state index contributed by atoms with van der Waals surface area (Å²) in [7, 11) is 2.03. The maximum Gasteiger partial charge on any atom is 0.315 e. The minimum absolute atomic E-state index is 0.0203. The van der Waals surface area contributed by atoms with Crippen LogP contribution in [0.3, 0.4) is 0 Å². The average Bonchev–Trinajstić information content (AvgIpc) is 2.98. The second kappa shape index (κ2) is 14.4. The molecule has 1 saturated heterocycles. The number of carbonyl (C=O) groups excluding carboxylic acids is 4. The zero-order chi connectivity index (χ0) is 22.5. The summed E-state index contributed by atoms with van der Waals surface area (Å²) >= 11 is 1.61. The third-order valence-corrected chi connectivity index (χ3v) is 6.53. The molecular weight excluding hydrogens is 404 g/mol. The lowest BCUT2D eigenvalue weighted by molar-refractivity contribution is -0.137. The number of nitrogens with zero attached hydrogens (tertiary/aromatic N) is 2. The number of ketones is 1. The minimum Gasteiger partial charge on any atom is -0.337 e. The third-order valence-electron chi connectivity index (χ3n) is 5.23. The van der Waals surface area contributed by atoms with E-state index in [1.54, 1.807) is 25.6 Å². The van der Waals surface area contributed by atoms with E-state index < -0.39 is 6.04 Å².